The summed E-state index contributed by atoms with van der Waals surface area (Å²) in [4.78, 5) is 0. The first-order valence-corrected chi connectivity index (χ1v) is 8.98. The maximum Gasteiger partial charge on any atom is 0.150 e. The van der Waals surface area contributed by atoms with Crippen molar-refractivity contribution >= 4 is 9.84 Å². The number of halogens is 1. The van der Waals surface area contributed by atoms with E-state index < -0.39 is 27.0 Å². The first kappa shape index (κ1) is 16.2. The summed E-state index contributed by atoms with van der Waals surface area (Å²) in [6.45, 7) is 0. The highest BCUT2D eigenvalue weighted by Gasteiger charge is 2.33. The Labute approximate surface area is 124 Å². The van der Waals surface area contributed by atoms with Gasteiger partial charge in [0.05, 0.1) is 18.5 Å². The third-order valence-corrected chi connectivity index (χ3v) is 5.88. The van der Waals surface area contributed by atoms with E-state index in [0.29, 0.717) is 25.0 Å². The monoisotopic (exact) mass is 316 g/mol. The minimum atomic E-state index is -3.12. The summed E-state index contributed by atoms with van der Waals surface area (Å²) < 4.78 is 42.3. The van der Waals surface area contributed by atoms with Gasteiger partial charge in [0.1, 0.15) is 21.4 Å². The minimum absolute atomic E-state index is 0.204. The third kappa shape index (κ3) is 3.74. The van der Waals surface area contributed by atoms with Gasteiger partial charge in [-0.15, -0.1) is 0 Å². The molecule has 0 aliphatic heterocycles. The van der Waals surface area contributed by atoms with Crippen LogP contribution in [0, 0.1) is 11.7 Å². The van der Waals surface area contributed by atoms with E-state index in [1.54, 1.807) is 6.07 Å². The molecule has 3 unspecified atom stereocenters. The fraction of sp³-hybridized carbons (Fsp3) is 0.600. The second kappa shape index (κ2) is 6.32. The van der Waals surface area contributed by atoms with Crippen LogP contribution in [0.2, 0.25) is 0 Å². The van der Waals surface area contributed by atoms with Crippen LogP contribution in [0.1, 0.15) is 37.4 Å². The maximum atomic E-state index is 14.0. The summed E-state index contributed by atoms with van der Waals surface area (Å²) in [5, 5.41) is 9.96. The lowest BCUT2D eigenvalue weighted by atomic mass is 9.82. The molecule has 1 aliphatic carbocycles. The van der Waals surface area contributed by atoms with Crippen LogP contribution in [0.5, 0.6) is 5.75 Å². The highest BCUT2D eigenvalue weighted by Crippen LogP contribution is 2.38. The predicted molar refractivity (Wildman–Crippen MR) is 78.5 cm³/mol. The zero-order chi connectivity index (χ0) is 15.6. The molecule has 6 heteroatoms. The van der Waals surface area contributed by atoms with Crippen molar-refractivity contribution in [2.75, 3.05) is 13.4 Å². The van der Waals surface area contributed by atoms with E-state index in [9.17, 15) is 17.9 Å². The fourth-order valence-corrected chi connectivity index (χ4v) is 4.18. The summed E-state index contributed by atoms with van der Waals surface area (Å²) in [7, 11) is -1.67. The second-order valence-electron chi connectivity index (χ2n) is 5.71. The minimum Gasteiger partial charge on any atom is -0.497 e. The molecular formula is C15H21FO4S. The van der Waals surface area contributed by atoms with Crippen LogP contribution in [0.15, 0.2) is 18.2 Å². The van der Waals surface area contributed by atoms with Gasteiger partial charge in [-0.05, 0) is 37.3 Å². The first-order chi connectivity index (χ1) is 9.82. The number of methoxy groups -OCH3 is 1. The van der Waals surface area contributed by atoms with Crippen LogP contribution >= 0.6 is 0 Å². The molecule has 21 heavy (non-hydrogen) atoms. The summed E-state index contributed by atoms with van der Waals surface area (Å²) >= 11 is 0. The average Bonchev–Trinajstić information content (AvgIpc) is 2.45. The summed E-state index contributed by atoms with van der Waals surface area (Å²) in [5.74, 6) is -0.370. The second-order valence-corrected chi connectivity index (χ2v) is 8.04. The Kier molecular flexibility index (Phi) is 4.88. The van der Waals surface area contributed by atoms with Gasteiger partial charge in [0, 0.05) is 17.9 Å². The number of rotatable bonds is 4. The Morgan fingerprint density at radius 3 is 2.67 bits per heavy atom. The van der Waals surface area contributed by atoms with E-state index in [4.69, 9.17) is 4.74 Å². The molecule has 1 aromatic carbocycles. The van der Waals surface area contributed by atoms with Crippen molar-refractivity contribution in [3.05, 3.63) is 29.6 Å². The van der Waals surface area contributed by atoms with Gasteiger partial charge in [-0.25, -0.2) is 12.8 Å². The van der Waals surface area contributed by atoms with Gasteiger partial charge in [0.25, 0.3) is 0 Å². The zero-order valence-electron chi connectivity index (χ0n) is 12.3. The molecule has 1 aromatic rings. The maximum absolute atomic E-state index is 14.0. The summed E-state index contributed by atoms with van der Waals surface area (Å²) in [5.41, 5.74) is 0.204. The van der Waals surface area contributed by atoms with E-state index in [0.717, 1.165) is 6.42 Å². The molecule has 2 rings (SSSR count). The van der Waals surface area contributed by atoms with Crippen molar-refractivity contribution in [1.82, 2.24) is 0 Å². The molecule has 118 valence electrons. The smallest absolute Gasteiger partial charge is 0.150 e. The molecule has 1 N–H and O–H groups in total. The van der Waals surface area contributed by atoms with Crippen LogP contribution in [-0.4, -0.2) is 32.1 Å². The molecule has 1 fully saturated rings. The van der Waals surface area contributed by atoms with E-state index in [-0.39, 0.29) is 11.5 Å². The largest absolute Gasteiger partial charge is 0.497 e. The predicted octanol–water partition coefficient (Wildman–Crippen LogP) is 2.47. The van der Waals surface area contributed by atoms with Gasteiger partial charge in [-0.1, -0.05) is 6.42 Å². The normalized spacial score (nSPS) is 24.6. The average molecular weight is 316 g/mol. The molecule has 0 aromatic heterocycles. The molecular weight excluding hydrogens is 295 g/mol. The Bertz CT molecular complexity index is 600. The van der Waals surface area contributed by atoms with Crippen LogP contribution < -0.4 is 4.74 Å². The molecule has 0 bridgehead atoms. The SMILES string of the molecule is COc1ccc(C(O)C2CCCC(S(C)(=O)=O)C2)c(F)c1. The lowest BCUT2D eigenvalue weighted by Gasteiger charge is -2.31. The summed E-state index contributed by atoms with van der Waals surface area (Å²) in [6.07, 6.45) is 2.68. The lowest BCUT2D eigenvalue weighted by Crippen LogP contribution is -2.30. The fourth-order valence-electron chi connectivity index (χ4n) is 2.99. The molecule has 0 saturated heterocycles. The van der Waals surface area contributed by atoms with Gasteiger partial charge in [0.15, 0.2) is 0 Å². The Morgan fingerprint density at radius 1 is 1.38 bits per heavy atom. The van der Waals surface area contributed by atoms with Crippen molar-refractivity contribution in [3.63, 3.8) is 0 Å². The zero-order valence-corrected chi connectivity index (χ0v) is 13.1. The van der Waals surface area contributed by atoms with E-state index >= 15 is 0 Å². The molecule has 3 atom stereocenters. The van der Waals surface area contributed by atoms with Gasteiger partial charge in [0.2, 0.25) is 0 Å². The quantitative estimate of drug-likeness (QED) is 0.927. The Hall–Kier alpha value is -1.14. The molecule has 0 radical (unpaired) electrons. The Balaban J connectivity index is 2.18. The van der Waals surface area contributed by atoms with E-state index in [1.807, 2.05) is 0 Å². The molecule has 1 aliphatic rings. The van der Waals surface area contributed by atoms with E-state index in [2.05, 4.69) is 0 Å². The highest BCUT2D eigenvalue weighted by atomic mass is 32.2. The van der Waals surface area contributed by atoms with Crippen LogP contribution in [0.4, 0.5) is 4.39 Å². The van der Waals surface area contributed by atoms with Gasteiger partial charge in [-0.2, -0.15) is 0 Å². The van der Waals surface area contributed by atoms with Gasteiger partial charge in [-0.3, -0.25) is 0 Å². The molecule has 0 amide bonds. The van der Waals surface area contributed by atoms with Crippen molar-refractivity contribution in [2.24, 2.45) is 5.92 Å². The lowest BCUT2D eigenvalue weighted by molar-refractivity contribution is 0.0824. The Morgan fingerprint density at radius 2 is 2.10 bits per heavy atom. The van der Waals surface area contributed by atoms with E-state index in [1.165, 1.54) is 25.5 Å². The number of aliphatic hydroxyl groups is 1. The number of hydrogen-bond donors (Lipinski definition) is 1. The number of aliphatic hydroxyl groups excluding tert-OH is 1. The summed E-state index contributed by atoms with van der Waals surface area (Å²) in [6, 6.07) is 4.33. The third-order valence-electron chi connectivity index (χ3n) is 4.24. The molecule has 1 saturated carbocycles. The standard InChI is InChI=1S/C15H21FO4S/c1-20-11-6-7-13(14(16)9-11)15(17)10-4-3-5-12(8-10)21(2,18)19/h6-7,9-10,12,15,17H,3-5,8H2,1-2H3. The molecule has 0 heterocycles. The van der Waals surface area contributed by atoms with Crippen LogP contribution in [0.3, 0.4) is 0 Å². The topological polar surface area (TPSA) is 63.6 Å². The first-order valence-electron chi connectivity index (χ1n) is 7.03. The van der Waals surface area contributed by atoms with Crippen molar-refractivity contribution in [2.45, 2.75) is 37.0 Å². The van der Waals surface area contributed by atoms with Crippen LogP contribution in [-0.2, 0) is 9.84 Å². The highest BCUT2D eigenvalue weighted by molar-refractivity contribution is 7.91. The van der Waals surface area contributed by atoms with Crippen molar-refractivity contribution in [1.29, 1.82) is 0 Å². The van der Waals surface area contributed by atoms with Gasteiger partial charge >= 0.3 is 0 Å². The molecule has 4 nitrogen and oxygen atoms in total. The number of hydrogen-bond acceptors (Lipinski definition) is 4. The van der Waals surface area contributed by atoms with Crippen LogP contribution in [0.25, 0.3) is 0 Å². The van der Waals surface area contributed by atoms with Gasteiger partial charge < -0.3 is 9.84 Å². The van der Waals surface area contributed by atoms with Crippen molar-refractivity contribution in [3.8, 4) is 5.75 Å². The van der Waals surface area contributed by atoms with Crippen molar-refractivity contribution < 1.29 is 22.7 Å². The molecule has 0 spiro atoms. The number of benzene rings is 1. The number of sulfone groups is 1. The number of ether oxygens (including phenoxy) is 1.